The lowest BCUT2D eigenvalue weighted by atomic mass is 10.1. The summed E-state index contributed by atoms with van der Waals surface area (Å²) in [6.07, 6.45) is 0. The predicted octanol–water partition coefficient (Wildman–Crippen LogP) is 2.74. The molecule has 1 aromatic carbocycles. The molecule has 0 aliphatic carbocycles. The number of carbonyl (C=O) groups is 3. The highest BCUT2D eigenvalue weighted by molar-refractivity contribution is 6.19. The number of allylic oxidation sites excluding steroid dienone is 1. The molecule has 0 saturated carbocycles. The number of hydrogen-bond acceptors (Lipinski definition) is 7. The number of carboxylic acids is 2. The number of carbonyl (C=O) groups excluding carboxylic acids is 1. The number of alkyl halides is 1. The van der Waals surface area contributed by atoms with Gasteiger partial charge in [-0.25, -0.2) is 14.4 Å². The topological polar surface area (TPSA) is 146 Å². The van der Waals surface area contributed by atoms with Crippen molar-refractivity contribution in [3.8, 4) is 0 Å². The maximum atomic E-state index is 11.7. The maximum absolute atomic E-state index is 11.7. The van der Waals surface area contributed by atoms with E-state index in [1.165, 1.54) is 0 Å². The fraction of sp³-hybridized carbons (Fsp3) is 0.214. The van der Waals surface area contributed by atoms with Gasteiger partial charge in [0.15, 0.2) is 0 Å². The van der Waals surface area contributed by atoms with Crippen LogP contribution in [0.1, 0.15) is 27.6 Å². The first-order valence-electron chi connectivity index (χ1n) is 6.48. The lowest BCUT2D eigenvalue weighted by molar-refractivity contribution is -0.138. The Labute approximate surface area is 140 Å². The summed E-state index contributed by atoms with van der Waals surface area (Å²) in [7, 11) is 0. The molecule has 0 fully saturated rings. The second kappa shape index (κ2) is 8.63. The molecule has 0 atom stereocenters. The van der Waals surface area contributed by atoms with Crippen LogP contribution in [0.25, 0.3) is 0 Å². The zero-order chi connectivity index (χ0) is 18.3. The van der Waals surface area contributed by atoms with Gasteiger partial charge in [0.2, 0.25) is 5.70 Å². The number of benzene rings is 1. The Kier molecular flexibility index (Phi) is 6.87. The van der Waals surface area contributed by atoms with Gasteiger partial charge in [0.25, 0.3) is 0 Å². The summed E-state index contributed by atoms with van der Waals surface area (Å²) < 4.78 is 4.68. The highest BCUT2D eigenvalue weighted by Crippen LogP contribution is 2.21. The van der Waals surface area contributed by atoms with E-state index in [9.17, 15) is 19.5 Å². The molecule has 9 nitrogen and oxygen atoms in total. The number of hydrogen-bond donors (Lipinski definition) is 3. The molecule has 0 amide bonds. The Morgan fingerprint density at radius 3 is 2.04 bits per heavy atom. The van der Waals surface area contributed by atoms with E-state index < -0.39 is 35.2 Å². The highest BCUT2D eigenvalue weighted by atomic mass is 35.5. The molecule has 0 radical (unpaired) electrons. The molecule has 24 heavy (non-hydrogen) atoms. The first-order chi connectivity index (χ1) is 11.3. The quantitative estimate of drug-likeness (QED) is 0.224. The zero-order valence-corrected chi connectivity index (χ0v) is 13.1. The second-order valence-corrected chi connectivity index (χ2v) is 4.50. The summed E-state index contributed by atoms with van der Waals surface area (Å²) in [5.74, 6) is -4.72. The van der Waals surface area contributed by atoms with E-state index in [1.54, 1.807) is 6.92 Å². The molecule has 3 N–H and O–H groups in total. The van der Waals surface area contributed by atoms with Crippen LogP contribution < -0.4 is 0 Å². The summed E-state index contributed by atoms with van der Waals surface area (Å²) in [6, 6.07) is 3.06. The smallest absolute Gasteiger partial charge is 0.362 e. The molecule has 0 unspecified atom stereocenters. The molecule has 1 rings (SSSR count). The van der Waals surface area contributed by atoms with Crippen molar-refractivity contribution < 1.29 is 34.4 Å². The first-order valence-corrected chi connectivity index (χ1v) is 7.02. The van der Waals surface area contributed by atoms with Gasteiger partial charge >= 0.3 is 17.9 Å². The van der Waals surface area contributed by atoms with Gasteiger partial charge in [0.05, 0.1) is 29.3 Å². The Morgan fingerprint density at radius 1 is 1.08 bits per heavy atom. The van der Waals surface area contributed by atoms with Crippen molar-refractivity contribution in [3.05, 3.63) is 40.8 Å². The molecule has 0 aromatic heterocycles. The average molecular weight is 357 g/mol. The van der Waals surface area contributed by atoms with Gasteiger partial charge in [-0.2, -0.15) is 5.11 Å². The number of azo groups is 1. The minimum absolute atomic E-state index is 0.0189. The van der Waals surface area contributed by atoms with Crippen LogP contribution in [-0.4, -0.2) is 45.7 Å². The molecule has 128 valence electrons. The molecule has 0 aliphatic heterocycles. The third-order valence-electron chi connectivity index (χ3n) is 2.55. The van der Waals surface area contributed by atoms with E-state index in [1.807, 2.05) is 0 Å². The Balaban J connectivity index is 3.30. The number of rotatable bonds is 7. The standard InChI is InChI=1S/C14H13ClN2O7/c1-2-24-14(23)11(10(18)6-15)17-16-9-4-7(12(19)20)3-8(5-9)13(21)22/h3-5,18H,2,6H2,1H3,(H,19,20)(H,21,22)/b11-10+,17-16?. The number of halogens is 1. The average Bonchev–Trinajstić information content (AvgIpc) is 2.54. The van der Waals surface area contributed by atoms with Gasteiger partial charge in [-0.1, -0.05) is 0 Å². The number of nitrogens with zero attached hydrogens (tertiary/aromatic N) is 2. The normalized spacial score (nSPS) is 11.9. The zero-order valence-electron chi connectivity index (χ0n) is 12.4. The van der Waals surface area contributed by atoms with Crippen LogP contribution in [0, 0.1) is 0 Å². The molecular weight excluding hydrogens is 344 g/mol. The Hall–Kier alpha value is -2.94. The minimum atomic E-state index is -1.36. The number of aliphatic hydroxyl groups excluding tert-OH is 1. The minimum Gasteiger partial charge on any atom is -0.508 e. The Bertz CT molecular complexity index is 696. The summed E-state index contributed by atoms with van der Waals surface area (Å²) >= 11 is 5.43. The second-order valence-electron chi connectivity index (χ2n) is 4.23. The van der Waals surface area contributed by atoms with E-state index in [4.69, 9.17) is 21.8 Å². The van der Waals surface area contributed by atoms with Crippen LogP contribution in [0.2, 0.25) is 0 Å². The number of aromatic carboxylic acids is 2. The van der Waals surface area contributed by atoms with Crippen molar-refractivity contribution in [3.63, 3.8) is 0 Å². The monoisotopic (exact) mass is 356 g/mol. The molecule has 0 heterocycles. The van der Waals surface area contributed by atoms with Crippen molar-refractivity contribution in [2.75, 3.05) is 12.5 Å². The molecule has 0 aliphatic rings. The van der Waals surface area contributed by atoms with Gasteiger partial charge < -0.3 is 20.1 Å². The van der Waals surface area contributed by atoms with Crippen LogP contribution in [-0.2, 0) is 9.53 Å². The highest BCUT2D eigenvalue weighted by Gasteiger charge is 2.17. The van der Waals surface area contributed by atoms with Gasteiger partial charge in [0.1, 0.15) is 5.76 Å². The van der Waals surface area contributed by atoms with Crippen LogP contribution in [0.15, 0.2) is 39.9 Å². The lowest BCUT2D eigenvalue weighted by Gasteiger charge is -2.04. The molecule has 0 saturated heterocycles. The van der Waals surface area contributed by atoms with E-state index in [-0.39, 0.29) is 23.4 Å². The van der Waals surface area contributed by atoms with E-state index in [0.717, 1.165) is 18.2 Å². The van der Waals surface area contributed by atoms with Crippen LogP contribution >= 0.6 is 11.6 Å². The summed E-state index contributed by atoms with van der Waals surface area (Å²) in [5.41, 5.74) is -1.36. The van der Waals surface area contributed by atoms with Gasteiger partial charge in [-0.05, 0) is 25.1 Å². The van der Waals surface area contributed by atoms with E-state index >= 15 is 0 Å². The largest absolute Gasteiger partial charge is 0.508 e. The van der Waals surface area contributed by atoms with Gasteiger partial charge in [-0.15, -0.1) is 16.7 Å². The fourth-order valence-corrected chi connectivity index (χ4v) is 1.63. The van der Waals surface area contributed by atoms with Crippen molar-refractivity contribution >= 4 is 35.2 Å². The fourth-order valence-electron chi connectivity index (χ4n) is 1.50. The van der Waals surface area contributed by atoms with Crippen molar-refractivity contribution in [1.82, 2.24) is 0 Å². The molecular formula is C14H13ClN2O7. The van der Waals surface area contributed by atoms with Gasteiger partial charge in [0, 0.05) is 0 Å². The summed E-state index contributed by atoms with van der Waals surface area (Å²) in [4.78, 5) is 33.7. The van der Waals surface area contributed by atoms with Crippen LogP contribution in [0.3, 0.4) is 0 Å². The molecule has 0 bridgehead atoms. The van der Waals surface area contributed by atoms with Crippen molar-refractivity contribution in [2.45, 2.75) is 6.92 Å². The van der Waals surface area contributed by atoms with E-state index in [2.05, 4.69) is 15.0 Å². The molecule has 10 heteroatoms. The predicted molar refractivity (Wildman–Crippen MR) is 81.9 cm³/mol. The number of carboxylic acid groups (broad SMARTS) is 2. The Morgan fingerprint density at radius 2 is 1.62 bits per heavy atom. The van der Waals surface area contributed by atoms with Gasteiger partial charge in [-0.3, -0.25) is 0 Å². The first kappa shape index (κ1) is 19.1. The summed E-state index contributed by atoms with van der Waals surface area (Å²) in [5, 5.41) is 34.6. The molecule has 0 spiro atoms. The lowest BCUT2D eigenvalue weighted by Crippen LogP contribution is -2.09. The third-order valence-corrected chi connectivity index (χ3v) is 2.80. The van der Waals surface area contributed by atoms with Crippen molar-refractivity contribution in [1.29, 1.82) is 0 Å². The number of esters is 1. The van der Waals surface area contributed by atoms with Crippen molar-refractivity contribution in [2.24, 2.45) is 10.2 Å². The molecule has 1 aromatic rings. The maximum Gasteiger partial charge on any atom is 0.362 e. The summed E-state index contributed by atoms with van der Waals surface area (Å²) in [6.45, 7) is 1.56. The van der Waals surface area contributed by atoms with Crippen LogP contribution in [0.4, 0.5) is 5.69 Å². The van der Waals surface area contributed by atoms with E-state index in [0.29, 0.717) is 0 Å². The SMILES string of the molecule is CCOC(=O)/C(N=Nc1cc(C(=O)O)cc(C(=O)O)c1)=C(\O)CCl. The number of aliphatic hydroxyl groups is 1. The number of ether oxygens (including phenoxy) is 1. The third kappa shape index (κ3) is 5.06. The van der Waals surface area contributed by atoms with Crippen LogP contribution in [0.5, 0.6) is 0 Å².